The largest absolute Gasteiger partial charge is 0.480 e. The van der Waals surface area contributed by atoms with Gasteiger partial charge in [0.1, 0.15) is 5.41 Å². The highest BCUT2D eigenvalue weighted by atomic mass is 16.4. The van der Waals surface area contributed by atoms with Gasteiger partial charge in [-0.05, 0) is 16.7 Å². The Labute approximate surface area is 142 Å². The Morgan fingerprint density at radius 2 is 1.12 bits per heavy atom. The van der Waals surface area contributed by atoms with Gasteiger partial charge in [0, 0.05) is 5.92 Å². The third kappa shape index (κ3) is 2.61. The molecule has 0 fully saturated rings. The molecule has 0 radical (unpaired) electrons. The Morgan fingerprint density at radius 1 is 0.750 bits per heavy atom. The number of benzene rings is 3. The molecule has 0 aliphatic rings. The quantitative estimate of drug-likeness (QED) is 0.730. The smallest absolute Gasteiger partial charge is 0.319 e. The lowest BCUT2D eigenvalue weighted by atomic mass is 9.64. The molecular formula is C22H20O2. The van der Waals surface area contributed by atoms with E-state index in [9.17, 15) is 9.90 Å². The van der Waals surface area contributed by atoms with Crippen LogP contribution in [0, 0.1) is 0 Å². The summed E-state index contributed by atoms with van der Waals surface area (Å²) in [6, 6.07) is 28.9. The van der Waals surface area contributed by atoms with E-state index in [1.807, 2.05) is 97.9 Å². The summed E-state index contributed by atoms with van der Waals surface area (Å²) in [5, 5.41) is 10.4. The predicted octanol–water partition coefficient (Wildman–Crippen LogP) is 4.86. The summed E-state index contributed by atoms with van der Waals surface area (Å²) >= 11 is 0. The molecule has 0 aliphatic carbocycles. The minimum absolute atomic E-state index is 0.221. The van der Waals surface area contributed by atoms with Crippen LogP contribution in [0.15, 0.2) is 91.0 Å². The zero-order chi connectivity index (χ0) is 17.0. The molecule has 1 N–H and O–H groups in total. The molecule has 3 aromatic carbocycles. The van der Waals surface area contributed by atoms with Crippen LogP contribution in [0.3, 0.4) is 0 Å². The normalized spacial score (nSPS) is 12.5. The van der Waals surface area contributed by atoms with E-state index in [0.29, 0.717) is 0 Å². The van der Waals surface area contributed by atoms with Crippen molar-refractivity contribution in [3.8, 4) is 0 Å². The van der Waals surface area contributed by atoms with E-state index in [-0.39, 0.29) is 5.92 Å². The summed E-state index contributed by atoms with van der Waals surface area (Å²) in [4.78, 5) is 12.6. The van der Waals surface area contributed by atoms with Crippen LogP contribution in [0.2, 0.25) is 0 Å². The Kier molecular flexibility index (Phi) is 4.48. The Bertz CT molecular complexity index is 756. The van der Waals surface area contributed by atoms with Gasteiger partial charge in [-0.1, -0.05) is 97.9 Å². The van der Waals surface area contributed by atoms with E-state index in [1.165, 1.54) is 0 Å². The van der Waals surface area contributed by atoms with Gasteiger partial charge < -0.3 is 5.11 Å². The maximum absolute atomic E-state index is 12.6. The topological polar surface area (TPSA) is 37.3 Å². The van der Waals surface area contributed by atoms with Crippen molar-refractivity contribution >= 4 is 5.97 Å². The molecule has 0 heterocycles. The molecule has 1 atom stereocenters. The molecule has 0 saturated carbocycles. The number of carboxylic acids is 1. The molecule has 0 amide bonds. The molecule has 0 unspecified atom stereocenters. The first-order valence-electron chi connectivity index (χ1n) is 8.06. The van der Waals surface area contributed by atoms with E-state index < -0.39 is 11.4 Å². The van der Waals surface area contributed by atoms with Gasteiger partial charge >= 0.3 is 5.97 Å². The van der Waals surface area contributed by atoms with Crippen LogP contribution in [-0.2, 0) is 10.2 Å². The van der Waals surface area contributed by atoms with Crippen molar-refractivity contribution in [3.05, 3.63) is 108 Å². The van der Waals surface area contributed by atoms with Crippen LogP contribution < -0.4 is 0 Å². The van der Waals surface area contributed by atoms with Crippen LogP contribution in [-0.4, -0.2) is 11.1 Å². The third-order valence-electron chi connectivity index (χ3n) is 4.74. The van der Waals surface area contributed by atoms with E-state index >= 15 is 0 Å². The molecule has 2 nitrogen and oxygen atoms in total. The van der Waals surface area contributed by atoms with Gasteiger partial charge in [-0.3, -0.25) is 4.79 Å². The number of hydrogen-bond donors (Lipinski definition) is 1. The second-order valence-corrected chi connectivity index (χ2v) is 5.98. The fourth-order valence-corrected chi connectivity index (χ4v) is 3.49. The maximum Gasteiger partial charge on any atom is 0.319 e. The van der Waals surface area contributed by atoms with Crippen LogP contribution in [0.4, 0.5) is 0 Å². The Balaban J connectivity index is 2.29. The maximum atomic E-state index is 12.6. The fourth-order valence-electron chi connectivity index (χ4n) is 3.49. The molecular weight excluding hydrogens is 296 g/mol. The lowest BCUT2D eigenvalue weighted by Crippen LogP contribution is -2.42. The molecule has 0 aromatic heterocycles. The summed E-state index contributed by atoms with van der Waals surface area (Å²) in [6.07, 6.45) is 0. The number of aliphatic carboxylic acids is 1. The molecule has 0 spiro atoms. The van der Waals surface area contributed by atoms with Crippen molar-refractivity contribution in [1.29, 1.82) is 0 Å². The predicted molar refractivity (Wildman–Crippen MR) is 96.2 cm³/mol. The lowest BCUT2D eigenvalue weighted by molar-refractivity contribution is -0.143. The summed E-state index contributed by atoms with van der Waals surface area (Å²) in [6.45, 7) is 1.99. The first-order chi connectivity index (χ1) is 11.7. The van der Waals surface area contributed by atoms with Gasteiger partial charge in [0.15, 0.2) is 0 Å². The minimum Gasteiger partial charge on any atom is -0.480 e. The number of carboxylic acid groups (broad SMARTS) is 1. The second-order valence-electron chi connectivity index (χ2n) is 5.98. The summed E-state index contributed by atoms with van der Waals surface area (Å²) < 4.78 is 0. The molecule has 2 heteroatoms. The van der Waals surface area contributed by atoms with Crippen LogP contribution in [0.1, 0.15) is 29.5 Å². The Hall–Kier alpha value is -2.87. The van der Waals surface area contributed by atoms with E-state index in [2.05, 4.69) is 0 Å². The van der Waals surface area contributed by atoms with Gasteiger partial charge in [0.05, 0.1) is 0 Å². The highest BCUT2D eigenvalue weighted by molar-refractivity contribution is 5.87. The highest BCUT2D eigenvalue weighted by Crippen LogP contribution is 2.44. The van der Waals surface area contributed by atoms with Crippen molar-refractivity contribution in [2.75, 3.05) is 0 Å². The van der Waals surface area contributed by atoms with Gasteiger partial charge in [-0.25, -0.2) is 0 Å². The highest BCUT2D eigenvalue weighted by Gasteiger charge is 2.47. The standard InChI is InChI=1S/C22H20O2/c1-17(18-11-5-2-6-12-18)22(21(23)24,19-13-7-3-8-14-19)20-15-9-4-10-16-20/h2-17H,1H3,(H,23,24)/t17-/m0/s1. The third-order valence-corrected chi connectivity index (χ3v) is 4.74. The van der Waals surface area contributed by atoms with Crippen LogP contribution >= 0.6 is 0 Å². The van der Waals surface area contributed by atoms with E-state index in [1.54, 1.807) is 0 Å². The van der Waals surface area contributed by atoms with Gasteiger partial charge in [-0.15, -0.1) is 0 Å². The van der Waals surface area contributed by atoms with E-state index in [0.717, 1.165) is 16.7 Å². The fraction of sp³-hybridized carbons (Fsp3) is 0.136. The minimum atomic E-state index is -1.14. The van der Waals surface area contributed by atoms with Crippen molar-refractivity contribution in [1.82, 2.24) is 0 Å². The lowest BCUT2D eigenvalue weighted by Gasteiger charge is -2.36. The SMILES string of the molecule is C[C@@H](c1ccccc1)C(C(=O)O)(c1ccccc1)c1ccccc1. The second kappa shape index (κ2) is 6.71. The molecule has 0 aliphatic heterocycles. The first-order valence-corrected chi connectivity index (χ1v) is 8.06. The van der Waals surface area contributed by atoms with Crippen molar-refractivity contribution in [3.63, 3.8) is 0 Å². The van der Waals surface area contributed by atoms with Crippen molar-refractivity contribution in [2.45, 2.75) is 18.3 Å². The average Bonchev–Trinajstić information content (AvgIpc) is 2.64. The molecule has 0 saturated heterocycles. The van der Waals surface area contributed by atoms with Gasteiger partial charge in [0.2, 0.25) is 0 Å². The molecule has 3 aromatic rings. The molecule has 3 rings (SSSR count). The zero-order valence-corrected chi connectivity index (χ0v) is 13.6. The average molecular weight is 316 g/mol. The van der Waals surface area contributed by atoms with Crippen molar-refractivity contribution in [2.24, 2.45) is 0 Å². The summed E-state index contributed by atoms with van der Waals surface area (Å²) in [5.41, 5.74) is 1.46. The molecule has 120 valence electrons. The summed E-state index contributed by atoms with van der Waals surface area (Å²) in [7, 11) is 0. The number of carbonyl (C=O) groups is 1. The van der Waals surface area contributed by atoms with Crippen LogP contribution in [0.25, 0.3) is 0 Å². The monoisotopic (exact) mass is 316 g/mol. The Morgan fingerprint density at radius 3 is 1.50 bits per heavy atom. The van der Waals surface area contributed by atoms with Crippen LogP contribution in [0.5, 0.6) is 0 Å². The molecule has 0 bridgehead atoms. The molecule has 24 heavy (non-hydrogen) atoms. The first kappa shape index (κ1) is 16.0. The summed E-state index contributed by atoms with van der Waals surface area (Å²) in [5.74, 6) is -1.06. The van der Waals surface area contributed by atoms with Crippen molar-refractivity contribution < 1.29 is 9.90 Å². The van der Waals surface area contributed by atoms with Gasteiger partial charge in [-0.2, -0.15) is 0 Å². The number of hydrogen-bond acceptors (Lipinski definition) is 1. The number of rotatable bonds is 5. The zero-order valence-electron chi connectivity index (χ0n) is 13.6. The van der Waals surface area contributed by atoms with Gasteiger partial charge in [0.25, 0.3) is 0 Å². The van der Waals surface area contributed by atoms with E-state index in [4.69, 9.17) is 0 Å².